The van der Waals surface area contributed by atoms with E-state index in [4.69, 9.17) is 0 Å². The summed E-state index contributed by atoms with van der Waals surface area (Å²) in [5, 5.41) is 2.87. The van der Waals surface area contributed by atoms with Crippen molar-refractivity contribution in [1.82, 2.24) is 24.9 Å². The van der Waals surface area contributed by atoms with Gasteiger partial charge in [0.1, 0.15) is 0 Å². The van der Waals surface area contributed by atoms with Gasteiger partial charge in [0.15, 0.2) is 0 Å². The van der Waals surface area contributed by atoms with Crippen molar-refractivity contribution < 1.29 is 22.8 Å². The molecule has 0 bridgehead atoms. The number of alkyl halides is 3. The van der Waals surface area contributed by atoms with E-state index in [9.17, 15) is 22.8 Å². The summed E-state index contributed by atoms with van der Waals surface area (Å²) in [5.74, 6) is 0.233. The molecule has 3 saturated heterocycles. The number of hydrogen-bond donors (Lipinski definition) is 1. The molecule has 10 heteroatoms. The van der Waals surface area contributed by atoms with E-state index in [0.717, 1.165) is 25.9 Å². The van der Waals surface area contributed by atoms with Crippen molar-refractivity contribution in [3.05, 3.63) is 0 Å². The number of likely N-dealkylation sites (tertiary alicyclic amines) is 2. The van der Waals surface area contributed by atoms with E-state index in [2.05, 4.69) is 10.2 Å². The molecule has 0 aliphatic carbocycles. The molecule has 0 saturated carbocycles. The van der Waals surface area contributed by atoms with Gasteiger partial charge in [-0.2, -0.15) is 13.2 Å². The van der Waals surface area contributed by atoms with Crippen LogP contribution in [0, 0.1) is 5.92 Å². The second kappa shape index (κ2) is 9.97. The van der Waals surface area contributed by atoms with E-state index in [1.165, 1.54) is 11.3 Å². The zero-order chi connectivity index (χ0) is 20.9. The minimum Gasteiger partial charge on any atom is -0.342 e. The lowest BCUT2D eigenvalue weighted by molar-refractivity contribution is -0.143. The van der Waals surface area contributed by atoms with Crippen molar-refractivity contribution in [2.75, 3.05) is 72.0 Å². The molecule has 1 N–H and O–H groups in total. The molecule has 3 rings (SSSR count). The molecule has 0 spiro atoms. The van der Waals surface area contributed by atoms with E-state index in [0.29, 0.717) is 58.8 Å². The molecule has 166 valence electrons. The lowest BCUT2D eigenvalue weighted by Crippen LogP contribution is -2.54. The molecule has 3 aliphatic rings. The normalized spacial score (nSPS) is 24.7. The molecule has 0 aromatic rings. The predicted octanol–water partition coefficient (Wildman–Crippen LogP) is 1.21. The Bertz CT molecular complexity index is 561. The van der Waals surface area contributed by atoms with E-state index in [1.807, 2.05) is 4.90 Å². The molecular weight excluding hydrogens is 387 g/mol. The quantitative estimate of drug-likeness (QED) is 0.728. The van der Waals surface area contributed by atoms with Crippen LogP contribution >= 0.6 is 0 Å². The summed E-state index contributed by atoms with van der Waals surface area (Å²) in [6.45, 7) is 4.87. The predicted molar refractivity (Wildman–Crippen MR) is 102 cm³/mol. The Morgan fingerprint density at radius 1 is 0.862 bits per heavy atom. The first-order valence-electron chi connectivity index (χ1n) is 10.6. The fraction of sp³-hybridized carbons (Fsp3) is 0.895. The topological polar surface area (TPSA) is 59.1 Å². The van der Waals surface area contributed by atoms with Gasteiger partial charge in [0.05, 0.1) is 13.1 Å². The van der Waals surface area contributed by atoms with Crippen molar-refractivity contribution in [2.24, 2.45) is 5.92 Å². The lowest BCUT2D eigenvalue weighted by atomic mass is 10.1. The zero-order valence-corrected chi connectivity index (χ0v) is 16.9. The zero-order valence-electron chi connectivity index (χ0n) is 16.9. The van der Waals surface area contributed by atoms with Gasteiger partial charge in [-0.25, -0.2) is 4.79 Å². The molecule has 3 heterocycles. The van der Waals surface area contributed by atoms with Crippen LogP contribution < -0.4 is 5.32 Å². The average Bonchev–Trinajstić information content (AvgIpc) is 3.13. The molecule has 3 amide bonds. The Kier molecular flexibility index (Phi) is 7.61. The first-order valence-corrected chi connectivity index (χ1v) is 10.6. The maximum absolute atomic E-state index is 12.5. The monoisotopic (exact) mass is 419 g/mol. The van der Waals surface area contributed by atoms with Crippen LogP contribution in [0.4, 0.5) is 18.0 Å². The van der Waals surface area contributed by atoms with E-state index in [-0.39, 0.29) is 17.9 Å². The van der Waals surface area contributed by atoms with Gasteiger partial charge in [0.2, 0.25) is 5.91 Å². The molecule has 29 heavy (non-hydrogen) atoms. The molecule has 0 radical (unpaired) electrons. The Morgan fingerprint density at radius 2 is 1.55 bits per heavy atom. The van der Waals surface area contributed by atoms with Crippen molar-refractivity contribution in [2.45, 2.75) is 31.9 Å². The highest BCUT2D eigenvalue weighted by Gasteiger charge is 2.34. The van der Waals surface area contributed by atoms with E-state index < -0.39 is 12.7 Å². The number of halogens is 3. The molecule has 1 unspecified atom stereocenters. The summed E-state index contributed by atoms with van der Waals surface area (Å²) in [5.41, 5.74) is 0. The fourth-order valence-corrected chi connectivity index (χ4v) is 4.36. The number of carbonyl (C=O) groups is 2. The highest BCUT2D eigenvalue weighted by atomic mass is 19.4. The SMILES string of the molecule is O=C(CN1CCN(C(=O)NCC2CCN(CC(F)(F)F)C2)CC1)N1CCCCC1. The van der Waals surface area contributed by atoms with Crippen LogP contribution in [-0.4, -0.2) is 110 Å². The smallest absolute Gasteiger partial charge is 0.342 e. The van der Waals surface area contributed by atoms with Gasteiger partial charge in [-0.05, 0) is 38.1 Å². The number of carbonyl (C=O) groups excluding carboxylic acids is 2. The number of rotatable bonds is 5. The maximum Gasteiger partial charge on any atom is 0.401 e. The van der Waals surface area contributed by atoms with Gasteiger partial charge in [0.25, 0.3) is 0 Å². The first kappa shape index (κ1) is 22.1. The van der Waals surface area contributed by atoms with Crippen molar-refractivity contribution >= 4 is 11.9 Å². The maximum atomic E-state index is 12.5. The van der Waals surface area contributed by atoms with Crippen molar-refractivity contribution in [3.63, 3.8) is 0 Å². The standard InChI is InChI=1S/C19H32F3N5O2/c20-19(21,22)15-25-7-4-16(13-25)12-23-18(29)27-10-8-24(9-11-27)14-17(28)26-5-2-1-3-6-26/h16H,1-15H2,(H,23,29). The molecule has 3 fully saturated rings. The van der Waals surface area contributed by atoms with E-state index >= 15 is 0 Å². The number of hydrogen-bond acceptors (Lipinski definition) is 4. The van der Waals surface area contributed by atoms with Crippen molar-refractivity contribution in [3.8, 4) is 0 Å². The second-order valence-electron chi connectivity index (χ2n) is 8.40. The highest BCUT2D eigenvalue weighted by Crippen LogP contribution is 2.22. The van der Waals surface area contributed by atoms with Gasteiger partial charge in [-0.3, -0.25) is 14.6 Å². The molecule has 0 aromatic heterocycles. The minimum atomic E-state index is -4.17. The summed E-state index contributed by atoms with van der Waals surface area (Å²) < 4.78 is 37.4. The molecule has 7 nitrogen and oxygen atoms in total. The number of nitrogens with one attached hydrogen (secondary N) is 1. The second-order valence-corrected chi connectivity index (χ2v) is 8.40. The van der Waals surface area contributed by atoms with Gasteiger partial charge >= 0.3 is 12.2 Å². The number of nitrogens with zero attached hydrogens (tertiary/aromatic N) is 4. The Balaban J connectivity index is 1.31. The van der Waals surface area contributed by atoms with Crippen LogP contribution in [0.15, 0.2) is 0 Å². The number of piperidine rings is 1. The fourth-order valence-electron chi connectivity index (χ4n) is 4.36. The van der Waals surface area contributed by atoms with E-state index in [1.54, 1.807) is 4.90 Å². The Hall–Kier alpha value is -1.55. The van der Waals surface area contributed by atoms with Gasteiger partial charge in [0, 0.05) is 52.4 Å². The summed E-state index contributed by atoms with van der Waals surface area (Å²) in [7, 11) is 0. The van der Waals surface area contributed by atoms with Crippen LogP contribution in [0.2, 0.25) is 0 Å². The Morgan fingerprint density at radius 3 is 2.21 bits per heavy atom. The van der Waals surface area contributed by atoms with Crippen LogP contribution in [0.1, 0.15) is 25.7 Å². The van der Waals surface area contributed by atoms with Gasteiger partial charge < -0.3 is 15.1 Å². The molecule has 3 aliphatic heterocycles. The first-order chi connectivity index (χ1) is 13.8. The van der Waals surface area contributed by atoms with Crippen LogP contribution in [-0.2, 0) is 4.79 Å². The van der Waals surface area contributed by atoms with Crippen LogP contribution in [0.5, 0.6) is 0 Å². The molecule has 0 aromatic carbocycles. The molecular formula is C19H32F3N5O2. The van der Waals surface area contributed by atoms with Crippen LogP contribution in [0.25, 0.3) is 0 Å². The number of urea groups is 1. The van der Waals surface area contributed by atoms with Gasteiger partial charge in [-0.1, -0.05) is 0 Å². The summed E-state index contributed by atoms with van der Waals surface area (Å²) in [4.78, 5) is 31.9. The average molecular weight is 419 g/mol. The molecule has 1 atom stereocenters. The third-order valence-corrected chi connectivity index (χ3v) is 6.04. The highest BCUT2D eigenvalue weighted by molar-refractivity contribution is 5.78. The minimum absolute atomic E-state index is 0.0600. The summed E-state index contributed by atoms with van der Waals surface area (Å²) in [6, 6.07) is -0.165. The number of amides is 3. The third-order valence-electron chi connectivity index (χ3n) is 6.04. The van der Waals surface area contributed by atoms with Crippen LogP contribution in [0.3, 0.4) is 0 Å². The van der Waals surface area contributed by atoms with Gasteiger partial charge in [-0.15, -0.1) is 0 Å². The largest absolute Gasteiger partial charge is 0.401 e. The summed E-state index contributed by atoms with van der Waals surface area (Å²) in [6.07, 6.45) is -0.155. The van der Waals surface area contributed by atoms with Crippen molar-refractivity contribution in [1.29, 1.82) is 0 Å². The summed E-state index contributed by atoms with van der Waals surface area (Å²) >= 11 is 0. The third kappa shape index (κ3) is 7.02. The lowest BCUT2D eigenvalue weighted by Gasteiger charge is -2.36. The number of piperazine rings is 1. The Labute approximate surface area is 170 Å².